The van der Waals surface area contributed by atoms with Gasteiger partial charge in [0.05, 0.1) is 18.3 Å². The van der Waals surface area contributed by atoms with Crippen LogP contribution in [0.4, 0.5) is 0 Å². The minimum atomic E-state index is -0.0947. The van der Waals surface area contributed by atoms with E-state index in [1.807, 2.05) is 0 Å². The zero-order valence-electron chi connectivity index (χ0n) is 21.3. The van der Waals surface area contributed by atoms with E-state index < -0.39 is 0 Å². The normalized spacial score (nSPS) is 63.7. The van der Waals surface area contributed by atoms with Crippen LogP contribution in [0.5, 0.6) is 0 Å². The average molecular weight is 445 g/mol. The zero-order chi connectivity index (χ0) is 22.7. The lowest BCUT2D eigenvalue weighted by Crippen LogP contribution is -2.66. The van der Waals surface area contributed by atoms with Crippen molar-refractivity contribution in [2.75, 3.05) is 13.2 Å². The molecule has 3 nitrogen and oxygen atoms in total. The molecule has 32 heavy (non-hydrogen) atoms. The Morgan fingerprint density at radius 3 is 2.19 bits per heavy atom. The Hall–Kier alpha value is -0.120. The quantitative estimate of drug-likeness (QED) is 0.528. The molecule has 0 aromatic heterocycles. The summed E-state index contributed by atoms with van der Waals surface area (Å²) in [6, 6.07) is 0. The third kappa shape index (κ3) is 2.55. The number of aliphatic hydroxyl groups is 2. The van der Waals surface area contributed by atoms with Gasteiger partial charge in [-0.05, 0) is 128 Å². The third-order valence-corrected chi connectivity index (χ3v) is 13.9. The monoisotopic (exact) mass is 444 g/mol. The maximum atomic E-state index is 10.7. The first-order chi connectivity index (χ1) is 15.0. The fraction of sp³-hybridized carbons (Fsp3) is 1.00. The molecule has 5 aliphatic carbocycles. The van der Waals surface area contributed by atoms with Gasteiger partial charge in [-0.1, -0.05) is 27.7 Å². The summed E-state index contributed by atoms with van der Waals surface area (Å²) in [5.41, 5.74) is 1.35. The number of aliphatic hydroxyl groups excluding tert-OH is 2. The van der Waals surface area contributed by atoms with E-state index in [0.717, 1.165) is 24.9 Å². The second kappa shape index (κ2) is 6.76. The fourth-order valence-corrected chi connectivity index (χ4v) is 11.6. The molecule has 1 aliphatic heterocycles. The van der Waals surface area contributed by atoms with Crippen molar-refractivity contribution in [3.8, 4) is 0 Å². The van der Waals surface area contributed by atoms with Gasteiger partial charge < -0.3 is 14.9 Å². The highest BCUT2D eigenvalue weighted by Crippen LogP contribution is 2.77. The van der Waals surface area contributed by atoms with Gasteiger partial charge in [0, 0.05) is 6.61 Å². The third-order valence-electron chi connectivity index (χ3n) is 13.9. The van der Waals surface area contributed by atoms with Crippen LogP contribution in [0.1, 0.15) is 98.8 Å². The molecule has 0 aromatic rings. The summed E-state index contributed by atoms with van der Waals surface area (Å²) in [5, 5.41) is 21.4. The van der Waals surface area contributed by atoms with Crippen LogP contribution in [0.3, 0.4) is 0 Å². The molecule has 12 atom stereocenters. The molecule has 1 heterocycles. The van der Waals surface area contributed by atoms with Crippen LogP contribution < -0.4 is 0 Å². The Bertz CT molecular complexity index is 776. The van der Waals surface area contributed by atoms with Gasteiger partial charge in [0.1, 0.15) is 0 Å². The van der Waals surface area contributed by atoms with Crippen molar-refractivity contribution in [2.45, 2.75) is 111 Å². The van der Waals surface area contributed by atoms with Gasteiger partial charge in [-0.2, -0.15) is 0 Å². The Morgan fingerprint density at radius 1 is 0.781 bits per heavy atom. The van der Waals surface area contributed by atoms with E-state index in [4.69, 9.17) is 4.74 Å². The second-order valence-electron chi connectivity index (χ2n) is 14.5. The minimum absolute atomic E-state index is 0.0795. The molecule has 3 heteroatoms. The van der Waals surface area contributed by atoms with E-state index in [2.05, 4.69) is 34.6 Å². The predicted octanol–water partition coefficient (Wildman–Crippen LogP) is 5.82. The van der Waals surface area contributed by atoms with Crippen LogP contribution in [0.2, 0.25) is 0 Å². The highest BCUT2D eigenvalue weighted by molar-refractivity contribution is 5.20. The fourth-order valence-electron chi connectivity index (χ4n) is 11.6. The van der Waals surface area contributed by atoms with E-state index in [-0.39, 0.29) is 17.1 Å². The van der Waals surface area contributed by atoms with Crippen LogP contribution in [-0.4, -0.2) is 35.1 Å². The molecule has 0 radical (unpaired) electrons. The summed E-state index contributed by atoms with van der Waals surface area (Å²) in [5.74, 6) is 3.90. The lowest BCUT2D eigenvalue weighted by molar-refractivity contribution is -0.240. The molecule has 0 bridgehead atoms. The van der Waals surface area contributed by atoms with Crippen molar-refractivity contribution in [3.05, 3.63) is 0 Å². The number of fused-ring (bicyclic) bond motifs is 7. The van der Waals surface area contributed by atoms with Gasteiger partial charge in [-0.15, -0.1) is 0 Å². The standard InChI is InChI=1S/C29H48O3/c1-18-19-8-12-27(4)23(25(19,2)11-10-22(18)31)7-6-20-24-21(28(5)17-32-28)9-13-29(24,16-30)15-14-26(20,27)3/h18-24,30-31H,6-17H2,1-5H3/t18-,19?,20?,21?,22+,23?,24?,25+,26-,27-,28-,29-/m1/s1. The van der Waals surface area contributed by atoms with Crippen LogP contribution in [0.15, 0.2) is 0 Å². The lowest BCUT2D eigenvalue weighted by atomic mass is 9.33. The Kier molecular flexibility index (Phi) is 4.72. The first-order valence-electron chi connectivity index (χ1n) is 14.0. The molecular formula is C29H48O3. The molecule has 2 N–H and O–H groups in total. The van der Waals surface area contributed by atoms with Gasteiger partial charge >= 0.3 is 0 Å². The maximum Gasteiger partial charge on any atom is 0.0919 e. The van der Waals surface area contributed by atoms with E-state index in [1.165, 1.54) is 57.8 Å². The summed E-state index contributed by atoms with van der Waals surface area (Å²) in [4.78, 5) is 0. The van der Waals surface area contributed by atoms with Gasteiger partial charge in [-0.3, -0.25) is 0 Å². The molecule has 5 saturated carbocycles. The number of epoxide rings is 1. The Balaban J connectivity index is 1.39. The molecular weight excluding hydrogens is 396 g/mol. The number of hydrogen-bond donors (Lipinski definition) is 2. The van der Waals surface area contributed by atoms with Crippen LogP contribution in [0, 0.1) is 57.2 Å². The van der Waals surface area contributed by atoms with E-state index in [0.29, 0.717) is 46.5 Å². The molecule has 6 fully saturated rings. The molecule has 6 rings (SSSR count). The van der Waals surface area contributed by atoms with Crippen LogP contribution in [0.25, 0.3) is 0 Å². The lowest BCUT2D eigenvalue weighted by Gasteiger charge is -2.72. The first kappa shape index (κ1) is 22.4. The zero-order valence-corrected chi connectivity index (χ0v) is 21.3. The number of hydrogen-bond acceptors (Lipinski definition) is 3. The van der Waals surface area contributed by atoms with Crippen LogP contribution in [-0.2, 0) is 4.74 Å². The molecule has 0 amide bonds. The summed E-state index contributed by atoms with van der Waals surface area (Å²) in [6.45, 7) is 14.0. The predicted molar refractivity (Wildman–Crippen MR) is 127 cm³/mol. The second-order valence-corrected chi connectivity index (χ2v) is 14.5. The largest absolute Gasteiger partial charge is 0.396 e. The van der Waals surface area contributed by atoms with Gasteiger partial charge in [-0.25, -0.2) is 0 Å². The molecule has 6 aliphatic rings. The van der Waals surface area contributed by atoms with Gasteiger partial charge in [0.2, 0.25) is 0 Å². The van der Waals surface area contributed by atoms with E-state index in [1.54, 1.807) is 0 Å². The highest BCUT2D eigenvalue weighted by atomic mass is 16.6. The Morgan fingerprint density at radius 2 is 1.50 bits per heavy atom. The molecule has 5 unspecified atom stereocenters. The summed E-state index contributed by atoms with van der Waals surface area (Å²) in [7, 11) is 0. The molecule has 1 saturated heterocycles. The average Bonchev–Trinajstić information content (AvgIpc) is 3.38. The van der Waals surface area contributed by atoms with Crippen molar-refractivity contribution in [1.29, 1.82) is 0 Å². The highest BCUT2D eigenvalue weighted by Gasteiger charge is 2.71. The summed E-state index contributed by atoms with van der Waals surface area (Å²) < 4.78 is 6.07. The van der Waals surface area contributed by atoms with Crippen LogP contribution >= 0.6 is 0 Å². The van der Waals surface area contributed by atoms with Gasteiger partial charge in [0.25, 0.3) is 0 Å². The summed E-state index contributed by atoms with van der Waals surface area (Å²) in [6.07, 6.45) is 12.4. The summed E-state index contributed by atoms with van der Waals surface area (Å²) >= 11 is 0. The smallest absolute Gasteiger partial charge is 0.0919 e. The van der Waals surface area contributed by atoms with E-state index in [9.17, 15) is 10.2 Å². The minimum Gasteiger partial charge on any atom is -0.396 e. The number of ether oxygens (including phenoxy) is 1. The van der Waals surface area contributed by atoms with Crippen molar-refractivity contribution >= 4 is 0 Å². The molecule has 0 spiro atoms. The van der Waals surface area contributed by atoms with Crippen molar-refractivity contribution in [3.63, 3.8) is 0 Å². The topological polar surface area (TPSA) is 53.0 Å². The van der Waals surface area contributed by atoms with Crippen molar-refractivity contribution < 1.29 is 14.9 Å². The molecule has 0 aromatic carbocycles. The molecule has 182 valence electrons. The van der Waals surface area contributed by atoms with Crippen molar-refractivity contribution in [1.82, 2.24) is 0 Å². The van der Waals surface area contributed by atoms with Crippen molar-refractivity contribution in [2.24, 2.45) is 57.2 Å². The maximum absolute atomic E-state index is 10.7. The van der Waals surface area contributed by atoms with Gasteiger partial charge in [0.15, 0.2) is 0 Å². The Labute approximate surface area is 196 Å². The number of rotatable bonds is 2. The SMILES string of the molecule is C[C@@H]1C2CC[C@]3(C)C(CCC4C5C([C@@]6(C)CO6)CC[C@]5(CO)CC[C@]43C)[C@@]2(C)CC[C@@H]1O. The van der Waals surface area contributed by atoms with E-state index >= 15 is 0 Å². The first-order valence-corrected chi connectivity index (χ1v) is 14.0.